The standard InChI is InChI=1S/C13H20N4O4S/c1-13(2,3)14-12(16(4)5)15-22(20,21)11-8-6-10(7-9-11)17(18)19/h6-9H,1-5H3,(H,14,15). The summed E-state index contributed by atoms with van der Waals surface area (Å²) in [5, 5.41) is 10.6. The highest BCUT2D eigenvalue weighted by Gasteiger charge is 2.20. The molecule has 0 aliphatic rings. The Balaban J connectivity index is 3.13. The number of benzene rings is 1. The maximum absolute atomic E-state index is 12.3. The molecule has 0 unspecified atom stereocenters. The van der Waals surface area contributed by atoms with E-state index < -0.39 is 20.5 Å². The highest BCUT2D eigenvalue weighted by Crippen LogP contribution is 2.16. The van der Waals surface area contributed by atoms with E-state index in [0.29, 0.717) is 0 Å². The number of non-ortho nitro benzene ring substituents is 1. The van der Waals surface area contributed by atoms with Crippen LogP contribution in [0.2, 0.25) is 0 Å². The van der Waals surface area contributed by atoms with E-state index in [4.69, 9.17) is 0 Å². The van der Waals surface area contributed by atoms with Crippen LogP contribution < -0.4 is 4.72 Å². The molecule has 22 heavy (non-hydrogen) atoms. The van der Waals surface area contributed by atoms with Crippen molar-refractivity contribution in [1.82, 2.24) is 9.62 Å². The lowest BCUT2D eigenvalue weighted by Crippen LogP contribution is -2.41. The number of nitro benzene ring substituents is 1. The molecule has 0 fully saturated rings. The summed E-state index contributed by atoms with van der Waals surface area (Å²) >= 11 is 0. The third kappa shape index (κ3) is 4.99. The van der Waals surface area contributed by atoms with E-state index >= 15 is 0 Å². The van der Waals surface area contributed by atoms with Gasteiger partial charge in [-0.1, -0.05) is 0 Å². The number of aliphatic imine (C=N–C) groups is 1. The van der Waals surface area contributed by atoms with E-state index in [2.05, 4.69) is 9.71 Å². The first-order chi connectivity index (χ1) is 9.92. The fourth-order valence-corrected chi connectivity index (χ4v) is 2.54. The third-order valence-corrected chi connectivity index (χ3v) is 3.79. The predicted molar refractivity (Wildman–Crippen MR) is 84.3 cm³/mol. The summed E-state index contributed by atoms with van der Waals surface area (Å²) in [5.41, 5.74) is -0.632. The summed E-state index contributed by atoms with van der Waals surface area (Å²) < 4.78 is 27.0. The zero-order chi connectivity index (χ0) is 17.1. The third-order valence-electron chi connectivity index (χ3n) is 2.45. The van der Waals surface area contributed by atoms with Gasteiger partial charge in [0.1, 0.15) is 0 Å². The molecule has 0 aliphatic heterocycles. The number of nitro groups is 1. The van der Waals surface area contributed by atoms with Crippen molar-refractivity contribution >= 4 is 21.7 Å². The highest BCUT2D eigenvalue weighted by atomic mass is 32.2. The zero-order valence-electron chi connectivity index (χ0n) is 13.2. The van der Waals surface area contributed by atoms with Crippen molar-refractivity contribution in [3.05, 3.63) is 34.4 Å². The molecule has 0 saturated carbocycles. The van der Waals surface area contributed by atoms with E-state index in [1.807, 2.05) is 20.8 Å². The number of sulfonamides is 1. The van der Waals surface area contributed by atoms with Crippen LogP contribution >= 0.6 is 0 Å². The largest absolute Gasteiger partial charge is 0.348 e. The Kier molecular flexibility index (Phi) is 5.13. The Morgan fingerprint density at radius 2 is 1.73 bits per heavy atom. The molecule has 1 rings (SSSR count). The Hall–Kier alpha value is -2.16. The second kappa shape index (κ2) is 6.30. The maximum Gasteiger partial charge on any atom is 0.269 e. The molecule has 1 aromatic carbocycles. The van der Waals surface area contributed by atoms with Crippen LogP contribution in [0.5, 0.6) is 0 Å². The van der Waals surface area contributed by atoms with Crippen LogP contribution in [0, 0.1) is 10.1 Å². The van der Waals surface area contributed by atoms with E-state index in [1.54, 1.807) is 19.0 Å². The molecule has 0 aromatic heterocycles. The van der Waals surface area contributed by atoms with Crippen LogP contribution in [0.1, 0.15) is 20.8 Å². The normalized spacial score (nSPS) is 12.9. The first-order valence-electron chi connectivity index (χ1n) is 6.47. The number of guanidine groups is 1. The molecule has 0 spiro atoms. The smallest absolute Gasteiger partial charge is 0.269 e. The SMILES string of the molecule is CN(C)C(=NC(C)(C)C)NS(=O)(=O)c1ccc([N+](=O)[O-])cc1. The molecule has 8 nitrogen and oxygen atoms in total. The van der Waals surface area contributed by atoms with Gasteiger partial charge in [-0.3, -0.25) is 10.1 Å². The van der Waals surface area contributed by atoms with E-state index in [-0.39, 0.29) is 16.5 Å². The monoisotopic (exact) mass is 328 g/mol. The molecule has 0 saturated heterocycles. The summed E-state index contributed by atoms with van der Waals surface area (Å²) in [6.45, 7) is 5.53. The second-order valence-electron chi connectivity index (χ2n) is 5.86. The lowest BCUT2D eigenvalue weighted by atomic mass is 10.1. The molecular weight excluding hydrogens is 308 g/mol. The molecule has 1 aromatic rings. The molecule has 0 radical (unpaired) electrons. The number of nitrogens with one attached hydrogen (secondary N) is 1. The molecule has 0 bridgehead atoms. The van der Waals surface area contributed by atoms with Crippen LogP contribution in [0.4, 0.5) is 5.69 Å². The molecule has 0 aliphatic carbocycles. The molecule has 122 valence electrons. The van der Waals surface area contributed by atoms with Crippen LogP contribution in [0.15, 0.2) is 34.2 Å². The van der Waals surface area contributed by atoms with Crippen molar-refractivity contribution in [3.8, 4) is 0 Å². The minimum Gasteiger partial charge on any atom is -0.348 e. The van der Waals surface area contributed by atoms with Crippen molar-refractivity contribution in [1.29, 1.82) is 0 Å². The molecule has 9 heteroatoms. The fraction of sp³-hybridized carbons (Fsp3) is 0.462. The summed E-state index contributed by atoms with van der Waals surface area (Å²) in [5.74, 6) is 0.186. The average molecular weight is 328 g/mol. The second-order valence-corrected chi connectivity index (χ2v) is 7.54. The van der Waals surface area contributed by atoms with E-state index in [0.717, 1.165) is 12.1 Å². The van der Waals surface area contributed by atoms with Gasteiger partial charge in [-0.2, -0.15) is 0 Å². The lowest BCUT2D eigenvalue weighted by molar-refractivity contribution is -0.384. The Bertz CT molecular complexity index is 673. The fourth-order valence-electron chi connectivity index (χ4n) is 1.46. The number of rotatable bonds is 3. The van der Waals surface area contributed by atoms with Gasteiger partial charge in [0.25, 0.3) is 15.7 Å². The van der Waals surface area contributed by atoms with Gasteiger partial charge in [-0.15, -0.1) is 0 Å². The van der Waals surface area contributed by atoms with Crippen molar-refractivity contribution in [2.75, 3.05) is 14.1 Å². The number of hydrogen-bond donors (Lipinski definition) is 1. The predicted octanol–water partition coefficient (Wildman–Crippen LogP) is 1.59. The van der Waals surface area contributed by atoms with E-state index in [9.17, 15) is 18.5 Å². The first kappa shape index (κ1) is 17.9. The van der Waals surface area contributed by atoms with Crippen molar-refractivity contribution < 1.29 is 13.3 Å². The lowest BCUT2D eigenvalue weighted by Gasteiger charge is -2.22. The molecule has 1 N–H and O–H groups in total. The highest BCUT2D eigenvalue weighted by molar-refractivity contribution is 7.90. The Morgan fingerprint density at radius 3 is 2.09 bits per heavy atom. The molecule has 0 atom stereocenters. The first-order valence-corrected chi connectivity index (χ1v) is 7.95. The van der Waals surface area contributed by atoms with Gasteiger partial charge in [0, 0.05) is 26.2 Å². The van der Waals surface area contributed by atoms with Gasteiger partial charge in [0.15, 0.2) is 0 Å². The van der Waals surface area contributed by atoms with Crippen molar-refractivity contribution in [2.24, 2.45) is 4.99 Å². The summed E-state index contributed by atoms with van der Waals surface area (Å²) in [4.78, 5) is 15.8. The minimum absolute atomic E-state index is 0.0680. The molecule has 0 amide bonds. The molecular formula is C13H20N4O4S. The summed E-state index contributed by atoms with van der Waals surface area (Å²) in [6, 6.07) is 4.66. The Labute approximate surface area is 130 Å². The van der Waals surface area contributed by atoms with Crippen LogP contribution in [0.3, 0.4) is 0 Å². The zero-order valence-corrected chi connectivity index (χ0v) is 14.0. The molecule has 0 heterocycles. The van der Waals surface area contributed by atoms with Crippen LogP contribution in [0.25, 0.3) is 0 Å². The van der Waals surface area contributed by atoms with Crippen LogP contribution in [-0.4, -0.2) is 43.8 Å². The maximum atomic E-state index is 12.3. The Morgan fingerprint density at radius 1 is 1.23 bits per heavy atom. The average Bonchev–Trinajstić information content (AvgIpc) is 2.36. The quantitative estimate of drug-likeness (QED) is 0.392. The number of nitrogens with zero attached hydrogens (tertiary/aromatic N) is 3. The van der Waals surface area contributed by atoms with Gasteiger partial charge < -0.3 is 4.90 Å². The van der Waals surface area contributed by atoms with Crippen LogP contribution in [-0.2, 0) is 10.0 Å². The minimum atomic E-state index is -3.86. The van der Waals surface area contributed by atoms with Gasteiger partial charge in [0.05, 0.1) is 15.4 Å². The topological polar surface area (TPSA) is 105 Å². The number of hydrogen-bond acceptors (Lipinski definition) is 5. The van der Waals surface area contributed by atoms with Gasteiger partial charge >= 0.3 is 0 Å². The van der Waals surface area contributed by atoms with E-state index in [1.165, 1.54) is 12.1 Å². The van der Waals surface area contributed by atoms with Crippen molar-refractivity contribution in [3.63, 3.8) is 0 Å². The van der Waals surface area contributed by atoms with Gasteiger partial charge in [-0.05, 0) is 32.9 Å². The van der Waals surface area contributed by atoms with Gasteiger partial charge in [0.2, 0.25) is 5.96 Å². The summed E-state index contributed by atoms with van der Waals surface area (Å²) in [7, 11) is -0.525. The summed E-state index contributed by atoms with van der Waals surface area (Å²) in [6.07, 6.45) is 0. The van der Waals surface area contributed by atoms with Gasteiger partial charge in [-0.25, -0.2) is 18.1 Å². The van der Waals surface area contributed by atoms with Crippen molar-refractivity contribution in [2.45, 2.75) is 31.2 Å².